The molecule has 1 saturated heterocycles. The molecule has 1 aromatic rings. The van der Waals surface area contributed by atoms with E-state index in [-0.39, 0.29) is 6.54 Å². The lowest BCUT2D eigenvalue weighted by Gasteiger charge is -2.39. The molecule has 8 heteroatoms. The van der Waals surface area contributed by atoms with Crippen LogP contribution in [0, 0.1) is 0 Å². The largest absolute Gasteiger partial charge is 0.480 e. The molecule has 1 aromatic heterocycles. The van der Waals surface area contributed by atoms with Crippen LogP contribution in [0.4, 0.5) is 10.7 Å². The summed E-state index contributed by atoms with van der Waals surface area (Å²) in [5, 5.41) is 9.43. The first-order valence-electron chi connectivity index (χ1n) is 7.02. The number of carboxylic acids is 1. The topological polar surface area (TPSA) is 95.9 Å². The van der Waals surface area contributed by atoms with E-state index in [4.69, 9.17) is 4.74 Å². The van der Waals surface area contributed by atoms with Crippen LogP contribution in [0.1, 0.15) is 20.8 Å². The van der Waals surface area contributed by atoms with Crippen LogP contribution in [0.25, 0.3) is 0 Å². The van der Waals surface area contributed by atoms with Gasteiger partial charge >= 0.3 is 12.1 Å². The molecule has 0 radical (unpaired) electrons. The Hall–Kier alpha value is -2.38. The van der Waals surface area contributed by atoms with Gasteiger partial charge in [-0.15, -0.1) is 0 Å². The molecule has 0 bridgehead atoms. The van der Waals surface area contributed by atoms with Crippen molar-refractivity contribution in [2.24, 2.45) is 0 Å². The van der Waals surface area contributed by atoms with Crippen molar-refractivity contribution in [2.75, 3.05) is 24.5 Å². The van der Waals surface area contributed by atoms with Gasteiger partial charge in [-0.1, -0.05) is 0 Å². The third kappa shape index (κ3) is 3.84. The van der Waals surface area contributed by atoms with Gasteiger partial charge in [-0.25, -0.2) is 19.6 Å². The smallest absolute Gasteiger partial charge is 0.410 e. The SMILES string of the molecule is CC(C)(C)OC(=O)N1CCN(c2ncccn2)[C@@H](C(=O)O)C1. The van der Waals surface area contributed by atoms with Gasteiger partial charge in [-0.3, -0.25) is 0 Å². The summed E-state index contributed by atoms with van der Waals surface area (Å²) in [4.78, 5) is 34.8. The van der Waals surface area contributed by atoms with E-state index in [2.05, 4.69) is 9.97 Å². The minimum absolute atomic E-state index is 0.0303. The molecule has 1 N–H and O–H groups in total. The summed E-state index contributed by atoms with van der Waals surface area (Å²) >= 11 is 0. The quantitative estimate of drug-likeness (QED) is 0.870. The molecule has 1 fully saturated rings. The number of carboxylic acid groups (broad SMARTS) is 1. The summed E-state index contributed by atoms with van der Waals surface area (Å²) in [5.41, 5.74) is -0.616. The van der Waals surface area contributed by atoms with Gasteiger partial charge in [-0.2, -0.15) is 0 Å². The Balaban J connectivity index is 2.12. The molecule has 1 aliphatic heterocycles. The lowest BCUT2D eigenvalue weighted by atomic mass is 10.1. The Morgan fingerprint density at radius 3 is 2.45 bits per heavy atom. The first-order valence-corrected chi connectivity index (χ1v) is 7.02. The molecule has 0 aromatic carbocycles. The lowest BCUT2D eigenvalue weighted by Crippen LogP contribution is -2.59. The van der Waals surface area contributed by atoms with Crippen LogP contribution < -0.4 is 4.90 Å². The standard InChI is InChI=1S/C14H20N4O4/c1-14(2,3)22-13(21)17-7-8-18(10(9-17)11(19)20)12-15-5-4-6-16-12/h4-6,10H,7-9H2,1-3H3,(H,19,20)/t10-/m1/s1. The maximum absolute atomic E-state index is 12.1. The Morgan fingerprint density at radius 2 is 1.91 bits per heavy atom. The predicted octanol–water partition coefficient (Wildman–Crippen LogP) is 0.987. The number of nitrogens with zero attached hydrogens (tertiary/aromatic N) is 4. The van der Waals surface area contributed by atoms with Crippen molar-refractivity contribution in [3.8, 4) is 0 Å². The van der Waals surface area contributed by atoms with E-state index in [1.807, 2.05) is 0 Å². The number of carbonyl (C=O) groups excluding carboxylic acids is 1. The van der Waals surface area contributed by atoms with E-state index in [0.29, 0.717) is 19.0 Å². The predicted molar refractivity (Wildman–Crippen MR) is 78.6 cm³/mol. The summed E-state index contributed by atoms with van der Waals surface area (Å²) in [6.45, 7) is 6.04. The Kier molecular flexibility index (Phi) is 4.48. The molecule has 0 saturated carbocycles. The van der Waals surface area contributed by atoms with Gasteiger partial charge in [0.2, 0.25) is 5.95 Å². The molecule has 1 aliphatic rings. The molecule has 8 nitrogen and oxygen atoms in total. The number of hydrogen-bond acceptors (Lipinski definition) is 6. The fraction of sp³-hybridized carbons (Fsp3) is 0.571. The van der Waals surface area contributed by atoms with Crippen LogP contribution >= 0.6 is 0 Å². The Morgan fingerprint density at radius 1 is 1.27 bits per heavy atom. The van der Waals surface area contributed by atoms with Crippen molar-refractivity contribution in [3.05, 3.63) is 18.5 Å². The molecule has 2 rings (SSSR count). The number of anilines is 1. The highest BCUT2D eigenvalue weighted by molar-refractivity contribution is 5.79. The first kappa shape index (κ1) is 16.0. The third-order valence-corrected chi connectivity index (χ3v) is 3.13. The Bertz CT molecular complexity index is 544. The Labute approximate surface area is 128 Å². The molecule has 0 spiro atoms. The van der Waals surface area contributed by atoms with E-state index in [1.54, 1.807) is 44.1 Å². The molecular weight excluding hydrogens is 288 g/mol. The average molecular weight is 308 g/mol. The number of aromatic nitrogens is 2. The van der Waals surface area contributed by atoms with Crippen LogP contribution in [0.5, 0.6) is 0 Å². The summed E-state index contributed by atoms with van der Waals surface area (Å²) in [7, 11) is 0. The molecule has 0 unspecified atom stereocenters. The summed E-state index contributed by atoms with van der Waals surface area (Å²) < 4.78 is 5.29. The second-order valence-electron chi connectivity index (χ2n) is 6.02. The van der Waals surface area contributed by atoms with Gasteiger partial charge in [0.25, 0.3) is 0 Å². The van der Waals surface area contributed by atoms with Crippen LogP contribution in [0.3, 0.4) is 0 Å². The minimum Gasteiger partial charge on any atom is -0.480 e. The van der Waals surface area contributed by atoms with Crippen molar-refractivity contribution in [2.45, 2.75) is 32.4 Å². The van der Waals surface area contributed by atoms with Crippen LogP contribution in [-0.4, -0.2) is 63.3 Å². The van der Waals surface area contributed by atoms with Gasteiger partial charge in [0, 0.05) is 25.5 Å². The van der Waals surface area contributed by atoms with Crippen LogP contribution in [0.15, 0.2) is 18.5 Å². The van der Waals surface area contributed by atoms with Crippen molar-refractivity contribution >= 4 is 18.0 Å². The molecule has 1 amide bonds. The van der Waals surface area contributed by atoms with Gasteiger partial charge in [0.15, 0.2) is 0 Å². The zero-order chi connectivity index (χ0) is 16.3. The molecule has 2 heterocycles. The van der Waals surface area contributed by atoms with Crippen molar-refractivity contribution < 1.29 is 19.4 Å². The van der Waals surface area contributed by atoms with E-state index >= 15 is 0 Å². The monoisotopic (exact) mass is 308 g/mol. The highest BCUT2D eigenvalue weighted by Gasteiger charge is 2.37. The highest BCUT2D eigenvalue weighted by atomic mass is 16.6. The maximum Gasteiger partial charge on any atom is 0.410 e. The molecule has 1 atom stereocenters. The number of aliphatic carboxylic acids is 1. The lowest BCUT2D eigenvalue weighted by molar-refractivity contribution is -0.139. The van der Waals surface area contributed by atoms with E-state index in [1.165, 1.54) is 4.90 Å². The number of ether oxygens (including phenoxy) is 1. The fourth-order valence-electron chi connectivity index (χ4n) is 2.17. The van der Waals surface area contributed by atoms with Gasteiger partial charge in [0.05, 0.1) is 6.54 Å². The molecule has 22 heavy (non-hydrogen) atoms. The van der Waals surface area contributed by atoms with Crippen molar-refractivity contribution in [3.63, 3.8) is 0 Å². The van der Waals surface area contributed by atoms with Gasteiger partial charge in [0.1, 0.15) is 11.6 Å². The zero-order valence-corrected chi connectivity index (χ0v) is 12.9. The zero-order valence-electron chi connectivity index (χ0n) is 12.9. The van der Waals surface area contributed by atoms with E-state index in [0.717, 1.165) is 0 Å². The number of hydrogen-bond donors (Lipinski definition) is 1. The molecular formula is C14H20N4O4. The summed E-state index contributed by atoms with van der Waals surface area (Å²) in [6.07, 6.45) is 2.61. The van der Waals surface area contributed by atoms with Crippen molar-refractivity contribution in [1.29, 1.82) is 0 Å². The van der Waals surface area contributed by atoms with Crippen LogP contribution in [-0.2, 0) is 9.53 Å². The number of carbonyl (C=O) groups is 2. The number of rotatable bonds is 2. The second-order valence-corrected chi connectivity index (χ2v) is 6.02. The minimum atomic E-state index is -1.03. The van der Waals surface area contributed by atoms with Gasteiger partial charge in [-0.05, 0) is 26.8 Å². The number of amides is 1. The third-order valence-electron chi connectivity index (χ3n) is 3.13. The normalized spacial score (nSPS) is 19.0. The molecule has 0 aliphatic carbocycles. The molecule has 120 valence electrons. The highest BCUT2D eigenvalue weighted by Crippen LogP contribution is 2.18. The van der Waals surface area contributed by atoms with E-state index < -0.39 is 23.7 Å². The fourth-order valence-corrected chi connectivity index (χ4v) is 2.17. The first-order chi connectivity index (χ1) is 10.3. The number of piperazine rings is 1. The van der Waals surface area contributed by atoms with Crippen LogP contribution in [0.2, 0.25) is 0 Å². The summed E-state index contributed by atoms with van der Waals surface area (Å²) in [5.74, 6) is -0.681. The maximum atomic E-state index is 12.1. The average Bonchev–Trinajstić information content (AvgIpc) is 2.45. The van der Waals surface area contributed by atoms with Gasteiger partial charge < -0.3 is 19.6 Å². The van der Waals surface area contributed by atoms with E-state index in [9.17, 15) is 14.7 Å². The second kappa shape index (κ2) is 6.17. The van der Waals surface area contributed by atoms with Crippen molar-refractivity contribution in [1.82, 2.24) is 14.9 Å². The summed E-state index contributed by atoms with van der Waals surface area (Å²) in [6, 6.07) is 0.764.